The maximum Gasteiger partial charge on any atom is 0.264 e. The fourth-order valence-corrected chi connectivity index (χ4v) is 1.31. The van der Waals surface area contributed by atoms with Crippen LogP contribution in [0.4, 0.5) is 0 Å². The van der Waals surface area contributed by atoms with Crippen LogP contribution in [0.2, 0.25) is 0 Å². The molecule has 0 aliphatic rings. The summed E-state index contributed by atoms with van der Waals surface area (Å²) in [7, 11) is -3.86. The predicted octanol–water partition coefficient (Wildman–Crippen LogP) is 0.879. The molecular weight excluding hydrogens is 180 g/mol. The zero-order valence-electron chi connectivity index (χ0n) is 7.28. The van der Waals surface area contributed by atoms with Crippen molar-refractivity contribution in [3.63, 3.8) is 0 Å². The molecule has 0 bridgehead atoms. The van der Waals surface area contributed by atoms with Gasteiger partial charge >= 0.3 is 0 Å². The summed E-state index contributed by atoms with van der Waals surface area (Å²) < 4.78 is 28.9. The first-order chi connectivity index (χ1) is 5.33. The molecule has 0 saturated carbocycles. The second-order valence-electron chi connectivity index (χ2n) is 2.94. The highest BCUT2D eigenvalue weighted by Crippen LogP contribution is 2.07. The van der Waals surface area contributed by atoms with Gasteiger partial charge in [-0.15, -0.1) is 0 Å². The molecule has 0 saturated heterocycles. The average molecular weight is 194 g/mol. The number of hydrogen-bond donors (Lipinski definition) is 1. The van der Waals surface area contributed by atoms with Gasteiger partial charge in [-0.25, -0.2) is 0 Å². The highest BCUT2D eigenvalue weighted by molar-refractivity contribution is 7.85. The molecule has 0 fully saturated rings. The number of carbonyl (C=O) groups is 1. The number of hydrogen-bond acceptors (Lipinski definition) is 3. The lowest BCUT2D eigenvalue weighted by Gasteiger charge is -2.04. The second-order valence-corrected chi connectivity index (χ2v) is 4.51. The maximum absolute atomic E-state index is 10.7. The Morgan fingerprint density at radius 1 is 1.50 bits per heavy atom. The van der Waals surface area contributed by atoms with E-state index in [0.717, 1.165) is 0 Å². The molecule has 1 N–H and O–H groups in total. The summed E-state index contributed by atoms with van der Waals surface area (Å²) in [5.74, 6) is -0.331. The molecule has 72 valence electrons. The van der Waals surface area contributed by atoms with Crippen molar-refractivity contribution < 1.29 is 17.8 Å². The zero-order valence-corrected chi connectivity index (χ0v) is 8.10. The van der Waals surface area contributed by atoms with Crippen LogP contribution in [-0.2, 0) is 14.9 Å². The highest BCUT2D eigenvalue weighted by atomic mass is 32.2. The SMILES string of the molecule is CC(=O)[C@@H](C)CCCS(=O)(=O)O. The van der Waals surface area contributed by atoms with Gasteiger partial charge in [0, 0.05) is 5.92 Å². The molecular formula is C7H14O4S. The van der Waals surface area contributed by atoms with Crippen molar-refractivity contribution in [3.8, 4) is 0 Å². The van der Waals surface area contributed by atoms with Crippen molar-refractivity contribution in [2.75, 3.05) is 5.75 Å². The largest absolute Gasteiger partial charge is 0.300 e. The van der Waals surface area contributed by atoms with E-state index < -0.39 is 10.1 Å². The van der Waals surface area contributed by atoms with Crippen LogP contribution in [0.15, 0.2) is 0 Å². The second kappa shape index (κ2) is 4.57. The molecule has 1 atom stereocenters. The van der Waals surface area contributed by atoms with E-state index in [2.05, 4.69) is 0 Å². The minimum absolute atomic E-state index is 0.0466. The van der Waals surface area contributed by atoms with Crippen molar-refractivity contribution in [2.45, 2.75) is 26.7 Å². The van der Waals surface area contributed by atoms with Crippen LogP contribution in [0.25, 0.3) is 0 Å². The molecule has 0 amide bonds. The van der Waals surface area contributed by atoms with Crippen molar-refractivity contribution in [3.05, 3.63) is 0 Å². The van der Waals surface area contributed by atoms with E-state index in [1.807, 2.05) is 0 Å². The monoisotopic (exact) mass is 194 g/mol. The van der Waals surface area contributed by atoms with Gasteiger partial charge in [0.05, 0.1) is 5.75 Å². The number of rotatable bonds is 5. The molecule has 0 aromatic carbocycles. The topological polar surface area (TPSA) is 71.4 Å². The molecule has 0 heterocycles. The van der Waals surface area contributed by atoms with Crippen molar-refractivity contribution in [1.29, 1.82) is 0 Å². The van der Waals surface area contributed by atoms with E-state index in [9.17, 15) is 13.2 Å². The summed E-state index contributed by atoms with van der Waals surface area (Å²) >= 11 is 0. The summed E-state index contributed by atoms with van der Waals surface area (Å²) in [6, 6.07) is 0. The first-order valence-electron chi connectivity index (χ1n) is 3.78. The van der Waals surface area contributed by atoms with E-state index in [1.165, 1.54) is 6.92 Å². The lowest BCUT2D eigenvalue weighted by molar-refractivity contribution is -0.120. The summed E-state index contributed by atoms with van der Waals surface area (Å²) in [5.41, 5.74) is 0. The zero-order chi connectivity index (χ0) is 9.78. The van der Waals surface area contributed by atoms with Crippen LogP contribution in [0, 0.1) is 5.92 Å². The number of ketones is 1. The van der Waals surface area contributed by atoms with Gasteiger partial charge in [0.1, 0.15) is 5.78 Å². The van der Waals surface area contributed by atoms with E-state index >= 15 is 0 Å². The molecule has 4 nitrogen and oxygen atoms in total. The molecule has 0 aromatic rings. The lowest BCUT2D eigenvalue weighted by Crippen LogP contribution is -2.10. The first-order valence-corrected chi connectivity index (χ1v) is 5.39. The smallest absolute Gasteiger partial charge is 0.264 e. The molecule has 5 heteroatoms. The molecule has 0 spiro atoms. The minimum Gasteiger partial charge on any atom is -0.300 e. The van der Waals surface area contributed by atoms with Crippen LogP contribution >= 0.6 is 0 Å². The molecule has 0 aromatic heterocycles. The van der Waals surface area contributed by atoms with Crippen molar-refractivity contribution >= 4 is 15.9 Å². The summed E-state index contributed by atoms with van der Waals surface area (Å²) in [6.07, 6.45) is 0.842. The first kappa shape index (κ1) is 11.6. The summed E-state index contributed by atoms with van der Waals surface area (Å²) in [6.45, 7) is 3.21. The van der Waals surface area contributed by atoms with Crippen LogP contribution < -0.4 is 0 Å². The predicted molar refractivity (Wildman–Crippen MR) is 45.5 cm³/mol. The highest BCUT2D eigenvalue weighted by Gasteiger charge is 2.09. The van der Waals surface area contributed by atoms with Gasteiger partial charge in [0.2, 0.25) is 0 Å². The Morgan fingerprint density at radius 2 is 2.00 bits per heavy atom. The van der Waals surface area contributed by atoms with Gasteiger partial charge < -0.3 is 0 Å². The Balaban J connectivity index is 3.65. The lowest BCUT2D eigenvalue weighted by atomic mass is 10.0. The van der Waals surface area contributed by atoms with Crippen LogP contribution in [-0.4, -0.2) is 24.5 Å². The summed E-state index contributed by atoms with van der Waals surface area (Å²) in [4.78, 5) is 10.7. The van der Waals surface area contributed by atoms with Gasteiger partial charge in [-0.2, -0.15) is 8.42 Å². The maximum atomic E-state index is 10.7. The summed E-state index contributed by atoms with van der Waals surface area (Å²) in [5, 5.41) is 0. The third-order valence-corrected chi connectivity index (χ3v) is 2.54. The van der Waals surface area contributed by atoms with E-state index in [0.29, 0.717) is 12.8 Å². The third kappa shape index (κ3) is 6.30. The number of Topliss-reactive ketones (excluding diaryl/α,β-unsaturated/α-hetero) is 1. The van der Waals surface area contributed by atoms with Crippen LogP contribution in [0.1, 0.15) is 26.7 Å². The fourth-order valence-electron chi connectivity index (χ4n) is 0.775. The Labute approximate surface area is 72.7 Å². The Morgan fingerprint density at radius 3 is 2.33 bits per heavy atom. The van der Waals surface area contributed by atoms with Gasteiger partial charge in [0.25, 0.3) is 10.1 Å². The van der Waals surface area contributed by atoms with E-state index in [1.54, 1.807) is 6.92 Å². The van der Waals surface area contributed by atoms with Crippen LogP contribution in [0.5, 0.6) is 0 Å². The van der Waals surface area contributed by atoms with Crippen molar-refractivity contribution in [2.24, 2.45) is 5.92 Å². The Kier molecular flexibility index (Phi) is 4.41. The van der Waals surface area contributed by atoms with E-state index in [4.69, 9.17) is 4.55 Å². The number of carbonyl (C=O) groups excluding carboxylic acids is 1. The van der Waals surface area contributed by atoms with Gasteiger partial charge in [-0.05, 0) is 19.8 Å². The minimum atomic E-state index is -3.86. The molecule has 0 aliphatic heterocycles. The average Bonchev–Trinajstić information content (AvgIpc) is 1.84. The molecule has 0 radical (unpaired) electrons. The van der Waals surface area contributed by atoms with Gasteiger partial charge in [0.15, 0.2) is 0 Å². The molecule has 0 rings (SSSR count). The normalized spacial score (nSPS) is 14.2. The van der Waals surface area contributed by atoms with E-state index in [-0.39, 0.29) is 17.5 Å². The molecule has 0 unspecified atom stereocenters. The molecule has 0 aliphatic carbocycles. The van der Waals surface area contributed by atoms with Gasteiger partial charge in [-0.1, -0.05) is 6.92 Å². The van der Waals surface area contributed by atoms with Crippen LogP contribution in [0.3, 0.4) is 0 Å². The standard InChI is InChI=1S/C7H14O4S/c1-6(7(2)8)4-3-5-12(9,10)11/h6H,3-5H2,1-2H3,(H,9,10,11)/t6-/m0/s1. The quantitative estimate of drug-likeness (QED) is 0.659. The Bertz CT molecular complexity index is 242. The fraction of sp³-hybridized carbons (Fsp3) is 0.857. The van der Waals surface area contributed by atoms with Gasteiger partial charge in [-0.3, -0.25) is 9.35 Å². The Hall–Kier alpha value is -0.420. The third-order valence-electron chi connectivity index (χ3n) is 1.73. The van der Waals surface area contributed by atoms with Crippen molar-refractivity contribution in [1.82, 2.24) is 0 Å². The molecule has 12 heavy (non-hydrogen) atoms.